The Labute approximate surface area is 171 Å². The molecule has 0 bridgehead atoms. The first-order valence-corrected chi connectivity index (χ1v) is 11.2. The molecule has 2 atom stereocenters. The second kappa shape index (κ2) is 8.16. The van der Waals surface area contributed by atoms with Crippen molar-refractivity contribution in [3.63, 3.8) is 0 Å². The van der Waals surface area contributed by atoms with Gasteiger partial charge in [0.15, 0.2) is 6.10 Å². The van der Waals surface area contributed by atoms with Crippen LogP contribution in [0.3, 0.4) is 0 Å². The SMILES string of the molecule is CC1=C(c2ccnc3cc(OC(C)C(=O)N4CCCCC4)ccc23)C(C)CS1. The molecule has 5 heteroatoms. The van der Waals surface area contributed by atoms with Crippen LogP contribution in [0.5, 0.6) is 5.75 Å². The van der Waals surface area contributed by atoms with Crippen molar-refractivity contribution in [2.45, 2.75) is 46.1 Å². The minimum Gasteiger partial charge on any atom is -0.481 e. The van der Waals surface area contributed by atoms with Crippen LogP contribution < -0.4 is 4.74 Å². The van der Waals surface area contributed by atoms with Crippen LogP contribution in [-0.2, 0) is 4.79 Å². The summed E-state index contributed by atoms with van der Waals surface area (Å²) in [6.45, 7) is 8.04. The van der Waals surface area contributed by atoms with E-state index in [1.54, 1.807) is 0 Å². The van der Waals surface area contributed by atoms with Crippen LogP contribution in [0.2, 0.25) is 0 Å². The standard InChI is InChI=1S/C23H28N2O2S/c1-15-14-28-17(3)22(15)20-9-10-24-21-13-18(7-8-19(20)21)27-16(2)23(26)25-11-5-4-6-12-25/h7-10,13,15-16H,4-6,11-12,14H2,1-3H3. The lowest BCUT2D eigenvalue weighted by atomic mass is 9.93. The zero-order chi connectivity index (χ0) is 19.7. The number of piperidine rings is 1. The summed E-state index contributed by atoms with van der Waals surface area (Å²) in [6, 6.07) is 8.13. The highest BCUT2D eigenvalue weighted by Gasteiger charge is 2.25. The molecule has 28 heavy (non-hydrogen) atoms. The number of ether oxygens (including phenoxy) is 1. The molecule has 2 aliphatic heterocycles. The first-order chi connectivity index (χ1) is 13.5. The molecule has 0 saturated carbocycles. The molecule has 1 aromatic heterocycles. The van der Waals surface area contributed by atoms with Crippen LogP contribution >= 0.6 is 11.8 Å². The summed E-state index contributed by atoms with van der Waals surface area (Å²) in [5.74, 6) is 2.48. The number of pyridine rings is 1. The zero-order valence-electron chi connectivity index (χ0n) is 16.9. The average Bonchev–Trinajstić information content (AvgIpc) is 3.05. The van der Waals surface area contributed by atoms with Crippen LogP contribution in [0.15, 0.2) is 35.4 Å². The van der Waals surface area contributed by atoms with Gasteiger partial charge in [-0.25, -0.2) is 0 Å². The fourth-order valence-corrected chi connectivity index (χ4v) is 5.41. The summed E-state index contributed by atoms with van der Waals surface area (Å²) in [5, 5.41) is 1.15. The molecule has 4 rings (SSSR count). The smallest absolute Gasteiger partial charge is 0.263 e. The van der Waals surface area contributed by atoms with Crippen molar-refractivity contribution in [1.29, 1.82) is 0 Å². The monoisotopic (exact) mass is 396 g/mol. The van der Waals surface area contributed by atoms with Crippen molar-refractivity contribution in [3.8, 4) is 5.75 Å². The highest BCUT2D eigenvalue weighted by Crippen LogP contribution is 2.43. The van der Waals surface area contributed by atoms with Crippen LogP contribution in [0, 0.1) is 5.92 Å². The minimum absolute atomic E-state index is 0.0825. The van der Waals surface area contributed by atoms with Gasteiger partial charge in [-0.1, -0.05) is 6.92 Å². The number of aromatic nitrogens is 1. The van der Waals surface area contributed by atoms with E-state index in [-0.39, 0.29) is 5.91 Å². The van der Waals surface area contributed by atoms with Crippen molar-refractivity contribution in [1.82, 2.24) is 9.88 Å². The van der Waals surface area contributed by atoms with Crippen molar-refractivity contribution in [2.24, 2.45) is 5.92 Å². The molecule has 0 radical (unpaired) electrons. The lowest BCUT2D eigenvalue weighted by molar-refractivity contribution is -0.138. The lowest BCUT2D eigenvalue weighted by Crippen LogP contribution is -2.43. The van der Waals surface area contributed by atoms with E-state index in [0.717, 1.165) is 42.6 Å². The molecule has 148 valence electrons. The topological polar surface area (TPSA) is 42.4 Å². The Morgan fingerprint density at radius 2 is 2.04 bits per heavy atom. The Morgan fingerprint density at radius 1 is 1.25 bits per heavy atom. The van der Waals surface area contributed by atoms with Gasteiger partial charge in [0.1, 0.15) is 5.75 Å². The Bertz CT molecular complexity index is 918. The first-order valence-electron chi connectivity index (χ1n) is 10.2. The van der Waals surface area contributed by atoms with Gasteiger partial charge in [-0.3, -0.25) is 9.78 Å². The second-order valence-corrected chi connectivity index (χ2v) is 9.10. The van der Waals surface area contributed by atoms with Crippen LogP contribution in [0.25, 0.3) is 16.5 Å². The van der Waals surface area contributed by atoms with E-state index in [4.69, 9.17) is 4.74 Å². The summed E-state index contributed by atoms with van der Waals surface area (Å²) < 4.78 is 6.00. The minimum atomic E-state index is -0.477. The third-order valence-electron chi connectivity index (χ3n) is 5.75. The van der Waals surface area contributed by atoms with Crippen LogP contribution in [0.4, 0.5) is 0 Å². The first kappa shape index (κ1) is 19.3. The predicted molar refractivity (Wildman–Crippen MR) is 116 cm³/mol. The van der Waals surface area contributed by atoms with Gasteiger partial charge in [0.05, 0.1) is 5.52 Å². The quantitative estimate of drug-likeness (QED) is 0.719. The number of allylic oxidation sites excluding steroid dienone is 2. The predicted octanol–water partition coefficient (Wildman–Crippen LogP) is 5.13. The molecular weight excluding hydrogens is 368 g/mol. The third kappa shape index (κ3) is 3.77. The number of benzene rings is 1. The molecular formula is C23H28N2O2S. The molecule has 2 unspecified atom stereocenters. The molecule has 1 aromatic carbocycles. The molecule has 0 aliphatic carbocycles. The Balaban J connectivity index is 1.57. The molecule has 0 N–H and O–H groups in total. The van der Waals surface area contributed by atoms with Gasteiger partial charge in [-0.05, 0) is 73.3 Å². The highest BCUT2D eigenvalue weighted by molar-refractivity contribution is 8.03. The number of carbonyl (C=O) groups excluding carboxylic acids is 1. The summed E-state index contributed by atoms with van der Waals surface area (Å²) in [7, 11) is 0. The maximum atomic E-state index is 12.6. The van der Waals surface area contributed by atoms with Crippen LogP contribution in [-0.4, -0.2) is 40.7 Å². The summed E-state index contributed by atoms with van der Waals surface area (Å²) >= 11 is 1.94. The number of fused-ring (bicyclic) bond motifs is 1. The van der Waals surface area contributed by atoms with Crippen molar-refractivity contribution < 1.29 is 9.53 Å². The average molecular weight is 397 g/mol. The van der Waals surface area contributed by atoms with E-state index in [1.165, 1.54) is 22.5 Å². The number of thioether (sulfide) groups is 1. The molecule has 2 aromatic rings. The van der Waals surface area contributed by atoms with Crippen molar-refractivity contribution in [3.05, 3.63) is 40.9 Å². The normalized spacial score (nSPS) is 21.2. The molecule has 1 amide bonds. The number of amides is 1. The third-order valence-corrected chi connectivity index (χ3v) is 7.07. The van der Waals surface area contributed by atoms with Gasteiger partial charge in [0.25, 0.3) is 5.91 Å². The highest BCUT2D eigenvalue weighted by atomic mass is 32.2. The molecule has 1 saturated heterocycles. The largest absolute Gasteiger partial charge is 0.481 e. The number of rotatable bonds is 4. The maximum absolute atomic E-state index is 12.6. The van der Waals surface area contributed by atoms with Crippen LogP contribution in [0.1, 0.15) is 45.6 Å². The zero-order valence-corrected chi connectivity index (χ0v) is 17.7. The molecule has 4 nitrogen and oxygen atoms in total. The number of hydrogen-bond donors (Lipinski definition) is 0. The molecule has 0 spiro atoms. The lowest BCUT2D eigenvalue weighted by Gasteiger charge is -2.29. The second-order valence-electron chi connectivity index (χ2n) is 7.87. The van der Waals surface area contributed by atoms with Gasteiger partial charge in [-0.15, -0.1) is 11.8 Å². The van der Waals surface area contributed by atoms with E-state index in [0.29, 0.717) is 11.7 Å². The van der Waals surface area contributed by atoms with E-state index in [2.05, 4.69) is 31.0 Å². The Hall–Kier alpha value is -2.01. The number of nitrogens with zero attached hydrogens (tertiary/aromatic N) is 2. The Kier molecular flexibility index (Phi) is 5.63. The van der Waals surface area contributed by atoms with E-state index >= 15 is 0 Å². The maximum Gasteiger partial charge on any atom is 0.263 e. The molecule has 3 heterocycles. The fraction of sp³-hybridized carbons (Fsp3) is 0.478. The van der Waals surface area contributed by atoms with Crippen molar-refractivity contribution >= 4 is 34.1 Å². The van der Waals surface area contributed by atoms with Gasteiger partial charge in [0.2, 0.25) is 0 Å². The summed E-state index contributed by atoms with van der Waals surface area (Å²) in [4.78, 5) is 20.5. The van der Waals surface area contributed by atoms with Gasteiger partial charge < -0.3 is 9.64 Å². The van der Waals surface area contributed by atoms with Gasteiger partial charge in [-0.2, -0.15) is 0 Å². The number of likely N-dealkylation sites (tertiary alicyclic amines) is 1. The van der Waals surface area contributed by atoms with Gasteiger partial charge >= 0.3 is 0 Å². The van der Waals surface area contributed by atoms with Crippen molar-refractivity contribution in [2.75, 3.05) is 18.8 Å². The van der Waals surface area contributed by atoms with E-state index in [1.807, 2.05) is 41.9 Å². The summed E-state index contributed by atoms with van der Waals surface area (Å²) in [6.07, 6.45) is 4.79. The summed E-state index contributed by atoms with van der Waals surface area (Å²) in [5.41, 5.74) is 3.61. The van der Waals surface area contributed by atoms with E-state index < -0.39 is 6.10 Å². The molecule has 2 aliphatic rings. The van der Waals surface area contributed by atoms with Gasteiger partial charge in [0, 0.05) is 36.5 Å². The fourth-order valence-electron chi connectivity index (χ4n) is 4.28. The van der Waals surface area contributed by atoms with E-state index in [9.17, 15) is 4.79 Å². The number of hydrogen-bond acceptors (Lipinski definition) is 4. The Morgan fingerprint density at radius 3 is 2.75 bits per heavy atom. The molecule has 1 fully saturated rings. The number of carbonyl (C=O) groups is 1.